The molecule has 3 aromatic carbocycles. The molecule has 4 aromatic rings. The van der Waals surface area contributed by atoms with Crippen molar-refractivity contribution in [1.29, 1.82) is 0 Å². The molecule has 1 N–H and O–H groups in total. The van der Waals surface area contributed by atoms with E-state index in [-0.39, 0.29) is 0 Å². The van der Waals surface area contributed by atoms with E-state index >= 15 is 0 Å². The highest BCUT2D eigenvalue weighted by Crippen LogP contribution is 2.27. The maximum absolute atomic E-state index is 12.0. The zero-order valence-electron chi connectivity index (χ0n) is 13.1. The molecular weight excluding hydrogens is 332 g/mol. The van der Waals surface area contributed by atoms with E-state index in [1.807, 2.05) is 48.5 Å². The van der Waals surface area contributed by atoms with Gasteiger partial charge in [0.05, 0.1) is 5.69 Å². The Kier molecular flexibility index (Phi) is 3.78. The van der Waals surface area contributed by atoms with Gasteiger partial charge >= 0.3 is 5.69 Å². The first-order valence-electron chi connectivity index (χ1n) is 7.76. The van der Waals surface area contributed by atoms with Gasteiger partial charge in [-0.05, 0) is 52.2 Å². The first-order chi connectivity index (χ1) is 12.1. The van der Waals surface area contributed by atoms with E-state index in [1.54, 1.807) is 0 Å². The van der Waals surface area contributed by atoms with Gasteiger partial charge in [-0.15, -0.1) is 12.6 Å². The molecule has 0 aliphatic rings. The monoisotopic (exact) mass is 346 g/mol. The predicted octanol–water partition coefficient (Wildman–Crippen LogP) is 3.63. The Morgan fingerprint density at radius 3 is 2.40 bits per heavy atom. The van der Waals surface area contributed by atoms with Crippen LogP contribution in [0.5, 0.6) is 0 Å². The Balaban J connectivity index is 1.83. The quantitative estimate of drug-likeness (QED) is 0.545. The average Bonchev–Trinajstić information content (AvgIpc) is 2.61. The third kappa shape index (κ3) is 3.02. The second-order valence-corrected chi connectivity index (χ2v) is 6.29. The minimum absolute atomic E-state index is 0.407. The van der Waals surface area contributed by atoms with E-state index < -0.39 is 11.2 Å². The Hall–Kier alpha value is -3.05. The lowest BCUT2D eigenvalue weighted by atomic mass is 10.0. The first kappa shape index (κ1) is 15.5. The van der Waals surface area contributed by atoms with Gasteiger partial charge in [-0.1, -0.05) is 30.3 Å². The van der Waals surface area contributed by atoms with Gasteiger partial charge in [0.15, 0.2) is 0 Å². The highest BCUT2D eigenvalue weighted by molar-refractivity contribution is 7.80. The van der Waals surface area contributed by atoms with Crippen molar-refractivity contribution in [3.05, 3.63) is 93.8 Å². The van der Waals surface area contributed by atoms with Crippen LogP contribution in [0.2, 0.25) is 0 Å². The molecule has 0 bridgehead atoms. The van der Waals surface area contributed by atoms with Crippen LogP contribution in [0.1, 0.15) is 0 Å². The van der Waals surface area contributed by atoms with Crippen LogP contribution in [0.25, 0.3) is 27.6 Å². The number of thiol groups is 1. The predicted molar refractivity (Wildman–Crippen MR) is 103 cm³/mol. The molecule has 0 aliphatic carbocycles. The molecule has 0 saturated heterocycles. The fourth-order valence-electron chi connectivity index (χ4n) is 2.87. The summed E-state index contributed by atoms with van der Waals surface area (Å²) in [4.78, 5) is 26.4. The largest absolute Gasteiger partial charge is 0.332 e. The summed E-state index contributed by atoms with van der Waals surface area (Å²) >= 11 is 4.37. The second kappa shape index (κ2) is 6.11. The molecule has 0 amide bonds. The highest BCUT2D eigenvalue weighted by Gasteiger charge is 2.04. The Morgan fingerprint density at radius 1 is 0.800 bits per heavy atom. The van der Waals surface area contributed by atoms with Crippen molar-refractivity contribution in [2.24, 2.45) is 0 Å². The van der Waals surface area contributed by atoms with Crippen molar-refractivity contribution in [2.45, 2.75) is 4.90 Å². The SMILES string of the molecule is O=c1ccn(-c2cccc(-c3ccc4cc(S)ccc4c3)c2)c(=O)[nH]1. The van der Waals surface area contributed by atoms with Crippen molar-refractivity contribution in [2.75, 3.05) is 0 Å². The molecule has 25 heavy (non-hydrogen) atoms. The normalized spacial score (nSPS) is 10.9. The smallest absolute Gasteiger partial charge is 0.274 e. The minimum Gasteiger partial charge on any atom is -0.274 e. The summed E-state index contributed by atoms with van der Waals surface area (Å²) in [6, 6.07) is 21.2. The van der Waals surface area contributed by atoms with Crippen LogP contribution in [0.15, 0.2) is 87.4 Å². The van der Waals surface area contributed by atoms with Crippen molar-refractivity contribution in [1.82, 2.24) is 9.55 Å². The van der Waals surface area contributed by atoms with E-state index in [0.29, 0.717) is 5.69 Å². The summed E-state index contributed by atoms with van der Waals surface area (Å²) in [7, 11) is 0. The molecule has 4 rings (SSSR count). The topological polar surface area (TPSA) is 54.9 Å². The summed E-state index contributed by atoms with van der Waals surface area (Å²) in [5, 5.41) is 2.26. The molecular formula is C20H14N2O2S. The number of aromatic amines is 1. The van der Waals surface area contributed by atoms with E-state index in [9.17, 15) is 9.59 Å². The van der Waals surface area contributed by atoms with E-state index in [0.717, 1.165) is 26.8 Å². The highest BCUT2D eigenvalue weighted by atomic mass is 32.1. The number of rotatable bonds is 2. The van der Waals surface area contributed by atoms with Crippen LogP contribution in [0.4, 0.5) is 0 Å². The van der Waals surface area contributed by atoms with Gasteiger partial charge in [0, 0.05) is 17.2 Å². The summed E-state index contributed by atoms with van der Waals surface area (Å²) in [5.41, 5.74) is 1.88. The van der Waals surface area contributed by atoms with Gasteiger partial charge in [0.1, 0.15) is 0 Å². The summed E-state index contributed by atoms with van der Waals surface area (Å²) in [6.07, 6.45) is 1.48. The van der Waals surface area contributed by atoms with Crippen LogP contribution >= 0.6 is 12.6 Å². The van der Waals surface area contributed by atoms with Gasteiger partial charge in [-0.3, -0.25) is 14.3 Å². The molecule has 0 unspecified atom stereocenters. The van der Waals surface area contributed by atoms with Gasteiger partial charge in [0.2, 0.25) is 0 Å². The number of fused-ring (bicyclic) bond motifs is 1. The van der Waals surface area contributed by atoms with Crippen LogP contribution in [0.3, 0.4) is 0 Å². The average molecular weight is 346 g/mol. The first-order valence-corrected chi connectivity index (χ1v) is 8.20. The maximum atomic E-state index is 12.0. The molecule has 0 spiro atoms. The molecule has 0 fully saturated rings. The number of hydrogen-bond acceptors (Lipinski definition) is 3. The van der Waals surface area contributed by atoms with Crippen LogP contribution < -0.4 is 11.2 Å². The van der Waals surface area contributed by atoms with Gasteiger partial charge in [0.25, 0.3) is 5.56 Å². The molecule has 0 radical (unpaired) electrons. The molecule has 1 heterocycles. The third-order valence-electron chi connectivity index (χ3n) is 4.11. The van der Waals surface area contributed by atoms with Crippen LogP contribution in [0, 0.1) is 0 Å². The van der Waals surface area contributed by atoms with Crippen molar-refractivity contribution in [3.63, 3.8) is 0 Å². The number of hydrogen-bond donors (Lipinski definition) is 2. The molecule has 122 valence electrons. The number of aromatic nitrogens is 2. The second-order valence-electron chi connectivity index (χ2n) is 5.78. The summed E-state index contributed by atoms with van der Waals surface area (Å²) < 4.78 is 1.42. The van der Waals surface area contributed by atoms with E-state index in [2.05, 4.69) is 29.7 Å². The Morgan fingerprint density at radius 2 is 1.56 bits per heavy atom. The zero-order valence-corrected chi connectivity index (χ0v) is 14.0. The lowest BCUT2D eigenvalue weighted by Crippen LogP contribution is -2.27. The van der Waals surface area contributed by atoms with Crippen molar-refractivity contribution >= 4 is 23.4 Å². The van der Waals surface area contributed by atoms with Gasteiger partial charge in [-0.25, -0.2) is 4.79 Å². The number of nitrogens with zero attached hydrogens (tertiary/aromatic N) is 1. The molecule has 0 saturated carbocycles. The standard InChI is InChI=1S/C20H14N2O2S/c23-19-8-9-22(20(24)21-19)17-3-1-2-13(11-17)14-4-5-16-12-18(25)7-6-15(16)10-14/h1-12,25H,(H,21,23,24). The third-order valence-corrected chi connectivity index (χ3v) is 4.38. The van der Waals surface area contributed by atoms with Gasteiger partial charge in [-0.2, -0.15) is 0 Å². The van der Waals surface area contributed by atoms with E-state index in [1.165, 1.54) is 16.8 Å². The molecule has 4 nitrogen and oxygen atoms in total. The maximum Gasteiger partial charge on any atom is 0.332 e. The fraction of sp³-hybridized carbons (Fsp3) is 0. The zero-order chi connectivity index (χ0) is 17.4. The number of nitrogens with one attached hydrogen (secondary N) is 1. The van der Waals surface area contributed by atoms with Gasteiger partial charge < -0.3 is 0 Å². The van der Waals surface area contributed by atoms with Crippen molar-refractivity contribution < 1.29 is 0 Å². The Bertz CT molecular complexity index is 1210. The van der Waals surface area contributed by atoms with Crippen molar-refractivity contribution in [3.8, 4) is 16.8 Å². The Labute approximate surface area is 148 Å². The lowest BCUT2D eigenvalue weighted by Gasteiger charge is -2.09. The van der Waals surface area contributed by atoms with E-state index in [4.69, 9.17) is 0 Å². The lowest BCUT2D eigenvalue weighted by molar-refractivity contribution is 0.896. The summed E-state index contributed by atoms with van der Waals surface area (Å²) in [6.45, 7) is 0. The molecule has 0 aliphatic heterocycles. The fourth-order valence-corrected chi connectivity index (χ4v) is 3.08. The molecule has 0 atom stereocenters. The molecule has 5 heteroatoms. The van der Waals surface area contributed by atoms with Crippen LogP contribution in [-0.4, -0.2) is 9.55 Å². The van der Waals surface area contributed by atoms with Crippen LogP contribution in [-0.2, 0) is 0 Å². The number of H-pyrrole nitrogens is 1. The minimum atomic E-state index is -0.454. The number of benzene rings is 3. The molecule has 1 aromatic heterocycles. The summed E-state index contributed by atoms with van der Waals surface area (Å²) in [5.74, 6) is 0.